The van der Waals surface area contributed by atoms with Gasteiger partial charge in [0.15, 0.2) is 11.6 Å². The smallest absolute Gasteiger partial charge is 0.254 e. The van der Waals surface area contributed by atoms with Gasteiger partial charge >= 0.3 is 0 Å². The maximum Gasteiger partial charge on any atom is 0.254 e. The Labute approximate surface area is 179 Å². The van der Waals surface area contributed by atoms with E-state index in [9.17, 15) is 9.18 Å². The lowest BCUT2D eigenvalue weighted by Crippen LogP contribution is -2.47. The summed E-state index contributed by atoms with van der Waals surface area (Å²) in [5.41, 5.74) is 16.0. The maximum absolute atomic E-state index is 14.0. The van der Waals surface area contributed by atoms with Crippen molar-refractivity contribution in [3.63, 3.8) is 0 Å². The largest absolute Gasteiger partial charge is 0.482 e. The number of hydrogen-bond donors (Lipinski definition) is 3. The van der Waals surface area contributed by atoms with Gasteiger partial charge in [-0.15, -0.1) is 5.53 Å². The predicted octanol–water partition coefficient (Wildman–Crippen LogP) is 2.57. The van der Waals surface area contributed by atoms with Gasteiger partial charge in [-0.2, -0.15) is 0 Å². The van der Waals surface area contributed by atoms with E-state index in [1.807, 2.05) is 6.07 Å². The zero-order chi connectivity index (χ0) is 21.7. The molecule has 1 aromatic carbocycles. The third-order valence-electron chi connectivity index (χ3n) is 6.18. The fourth-order valence-corrected chi connectivity index (χ4v) is 4.25. The Kier molecular flexibility index (Phi) is 4.70. The van der Waals surface area contributed by atoms with Crippen LogP contribution in [0.2, 0.25) is 0 Å². The minimum atomic E-state index is -0.599. The number of nitrogen functional groups attached to an aromatic ring is 1. The molecule has 8 nitrogen and oxygen atoms in total. The van der Waals surface area contributed by atoms with Crippen molar-refractivity contribution in [1.29, 1.82) is 0 Å². The minimum Gasteiger partial charge on any atom is -0.482 e. The average molecular weight is 424 g/mol. The van der Waals surface area contributed by atoms with Gasteiger partial charge in [-0.25, -0.2) is 9.37 Å². The van der Waals surface area contributed by atoms with E-state index in [1.54, 1.807) is 25.1 Å². The SMILES string of the molecule is C[C@H]1Oc2cc(cnc2N)C2=C(CN(C)C(=O)c3ccc(F)cc31)NNN2C1CCC1. The van der Waals surface area contributed by atoms with Crippen molar-refractivity contribution in [3.05, 3.63) is 58.7 Å². The second kappa shape index (κ2) is 7.42. The summed E-state index contributed by atoms with van der Waals surface area (Å²) >= 11 is 0. The Morgan fingerprint density at radius 1 is 1.29 bits per heavy atom. The van der Waals surface area contributed by atoms with E-state index in [0.29, 0.717) is 29.5 Å². The van der Waals surface area contributed by atoms with Crippen molar-refractivity contribution >= 4 is 17.4 Å². The molecule has 9 heteroatoms. The lowest BCUT2D eigenvalue weighted by Gasteiger charge is -2.36. The highest BCUT2D eigenvalue weighted by Crippen LogP contribution is 2.37. The number of rotatable bonds is 1. The van der Waals surface area contributed by atoms with Crippen LogP contribution in [0.15, 0.2) is 36.2 Å². The number of pyridine rings is 1. The summed E-state index contributed by atoms with van der Waals surface area (Å²) in [6.07, 6.45) is 4.47. The van der Waals surface area contributed by atoms with Crippen LogP contribution in [0, 0.1) is 5.82 Å². The normalized spacial score (nSPS) is 21.4. The Morgan fingerprint density at radius 3 is 2.84 bits per heavy atom. The summed E-state index contributed by atoms with van der Waals surface area (Å²) in [6.45, 7) is 2.11. The van der Waals surface area contributed by atoms with Gasteiger partial charge in [-0.05, 0) is 50.5 Å². The molecule has 31 heavy (non-hydrogen) atoms. The second-order valence-electron chi connectivity index (χ2n) is 8.28. The lowest BCUT2D eigenvalue weighted by atomic mass is 9.91. The molecule has 1 saturated carbocycles. The quantitative estimate of drug-likeness (QED) is 0.648. The molecule has 1 aromatic heterocycles. The van der Waals surface area contributed by atoms with E-state index >= 15 is 0 Å². The van der Waals surface area contributed by atoms with Crippen molar-refractivity contribution in [1.82, 2.24) is 25.9 Å². The van der Waals surface area contributed by atoms with Gasteiger partial charge in [-0.3, -0.25) is 9.80 Å². The first-order valence-electron chi connectivity index (χ1n) is 10.4. The summed E-state index contributed by atoms with van der Waals surface area (Å²) in [4.78, 5) is 19.2. The summed E-state index contributed by atoms with van der Waals surface area (Å²) in [5.74, 6) is -0.00451. The molecule has 2 bridgehead atoms. The number of likely N-dealkylation sites (N-methyl/N-ethyl adjacent to an activating group) is 1. The molecule has 1 aliphatic carbocycles. The molecule has 0 saturated heterocycles. The zero-order valence-corrected chi connectivity index (χ0v) is 17.5. The number of nitrogens with one attached hydrogen (secondary N) is 2. The number of nitrogens with two attached hydrogens (primary N) is 1. The van der Waals surface area contributed by atoms with Crippen molar-refractivity contribution in [2.45, 2.75) is 38.3 Å². The first-order chi connectivity index (χ1) is 14.9. The highest BCUT2D eigenvalue weighted by Gasteiger charge is 2.35. The van der Waals surface area contributed by atoms with E-state index in [0.717, 1.165) is 29.8 Å². The van der Waals surface area contributed by atoms with Gasteiger partial charge in [-0.1, -0.05) is 0 Å². The molecule has 3 heterocycles. The maximum atomic E-state index is 14.0. The molecule has 0 radical (unpaired) electrons. The fraction of sp³-hybridized carbons (Fsp3) is 0.364. The highest BCUT2D eigenvalue weighted by atomic mass is 19.1. The Hall–Kier alpha value is -3.33. The van der Waals surface area contributed by atoms with Crippen molar-refractivity contribution in [3.8, 4) is 5.75 Å². The Morgan fingerprint density at radius 2 is 2.10 bits per heavy atom. The average Bonchev–Trinajstić information content (AvgIpc) is 3.09. The van der Waals surface area contributed by atoms with E-state index in [1.165, 1.54) is 24.6 Å². The molecule has 3 aliphatic rings. The first-order valence-corrected chi connectivity index (χ1v) is 10.4. The number of carbonyl (C=O) groups excluding carboxylic acids is 1. The molecule has 5 rings (SSSR count). The van der Waals surface area contributed by atoms with E-state index in [-0.39, 0.29) is 11.7 Å². The Bertz CT molecular complexity index is 1080. The molecule has 1 atom stereocenters. The molecule has 1 fully saturated rings. The number of halogens is 1. The molecular formula is C22H25FN6O2. The van der Waals surface area contributed by atoms with E-state index < -0.39 is 11.9 Å². The van der Waals surface area contributed by atoms with Crippen LogP contribution >= 0.6 is 0 Å². The topological polar surface area (TPSA) is 95.8 Å². The van der Waals surface area contributed by atoms with Gasteiger partial charge < -0.3 is 20.8 Å². The predicted molar refractivity (Wildman–Crippen MR) is 114 cm³/mol. The number of fused-ring (bicyclic) bond motifs is 4. The fourth-order valence-electron chi connectivity index (χ4n) is 4.25. The number of hydrazine groups is 2. The standard InChI is InChI=1S/C22H25FN6O2/c1-12-17-9-14(23)6-7-16(17)22(30)28(2)11-18-20(29(27-26-18)15-4-3-5-15)13-8-19(31-12)21(24)25-10-13/h6-10,12,15,26-27H,3-5,11H2,1-2H3,(H2,24,25)/t12-/m1/s1. The molecule has 4 N–H and O–H groups in total. The third kappa shape index (κ3) is 3.34. The molecule has 1 amide bonds. The van der Waals surface area contributed by atoms with Crippen LogP contribution < -0.4 is 21.4 Å². The molecule has 0 unspecified atom stereocenters. The van der Waals surface area contributed by atoms with Crippen molar-refractivity contribution in [2.24, 2.45) is 0 Å². The monoisotopic (exact) mass is 424 g/mol. The van der Waals surface area contributed by atoms with Crippen LogP contribution in [0.1, 0.15) is 53.8 Å². The van der Waals surface area contributed by atoms with Crippen LogP contribution in [0.4, 0.5) is 10.2 Å². The number of anilines is 1. The first kappa shape index (κ1) is 19.6. The van der Waals surface area contributed by atoms with Crippen LogP contribution in [-0.2, 0) is 0 Å². The summed E-state index contributed by atoms with van der Waals surface area (Å²) in [7, 11) is 1.73. The highest BCUT2D eigenvalue weighted by molar-refractivity contribution is 5.96. The second-order valence-corrected chi connectivity index (χ2v) is 8.28. The van der Waals surface area contributed by atoms with Crippen molar-refractivity contribution < 1.29 is 13.9 Å². The summed E-state index contributed by atoms with van der Waals surface area (Å²) < 4.78 is 20.1. The van der Waals surface area contributed by atoms with Crippen LogP contribution in [0.25, 0.3) is 5.70 Å². The number of benzene rings is 1. The van der Waals surface area contributed by atoms with Gasteiger partial charge in [0.2, 0.25) is 0 Å². The van der Waals surface area contributed by atoms with E-state index in [4.69, 9.17) is 10.5 Å². The van der Waals surface area contributed by atoms with Crippen molar-refractivity contribution in [2.75, 3.05) is 19.3 Å². The number of carbonyl (C=O) groups is 1. The van der Waals surface area contributed by atoms with E-state index in [2.05, 4.69) is 21.0 Å². The molecule has 162 valence electrons. The third-order valence-corrected chi connectivity index (χ3v) is 6.18. The number of aromatic nitrogens is 1. The number of hydrogen-bond acceptors (Lipinski definition) is 7. The van der Waals surface area contributed by atoms with Gasteiger partial charge in [0.1, 0.15) is 11.9 Å². The molecule has 2 aliphatic heterocycles. The van der Waals surface area contributed by atoms with Gasteiger partial charge in [0, 0.05) is 36.0 Å². The number of ether oxygens (including phenoxy) is 1. The zero-order valence-electron chi connectivity index (χ0n) is 17.5. The number of nitrogens with zero attached hydrogens (tertiary/aromatic N) is 3. The molecule has 0 spiro atoms. The minimum absolute atomic E-state index is 0.212. The van der Waals surface area contributed by atoms with Crippen LogP contribution in [0.3, 0.4) is 0 Å². The van der Waals surface area contributed by atoms with Gasteiger partial charge in [0.05, 0.1) is 17.9 Å². The molecular weight excluding hydrogens is 399 g/mol. The number of amides is 1. The van der Waals surface area contributed by atoms with Gasteiger partial charge in [0.25, 0.3) is 5.91 Å². The Balaban J connectivity index is 1.66. The summed E-state index contributed by atoms with van der Waals surface area (Å²) in [6, 6.07) is 6.35. The lowest BCUT2D eigenvalue weighted by molar-refractivity contribution is 0.0799. The van der Waals surface area contributed by atoms with Crippen LogP contribution in [0.5, 0.6) is 5.75 Å². The summed E-state index contributed by atoms with van der Waals surface area (Å²) in [5, 5.41) is 2.10. The van der Waals surface area contributed by atoms with Crippen LogP contribution in [-0.4, -0.2) is 40.4 Å². The molecule has 2 aromatic rings.